The molecule has 0 bridgehead atoms. The monoisotopic (exact) mass is 358 g/mol. The van der Waals surface area contributed by atoms with Gasteiger partial charge in [0.25, 0.3) is 0 Å². The van der Waals surface area contributed by atoms with Crippen molar-refractivity contribution < 1.29 is 4.39 Å². The van der Waals surface area contributed by atoms with E-state index in [0.29, 0.717) is 22.5 Å². The number of halogens is 3. The van der Waals surface area contributed by atoms with Crippen LogP contribution in [0.1, 0.15) is 13.3 Å². The lowest BCUT2D eigenvalue weighted by atomic mass is 10.3. The number of rotatable bonds is 5. The van der Waals surface area contributed by atoms with Crippen molar-refractivity contribution in [2.75, 3.05) is 17.2 Å². The second kappa shape index (κ2) is 6.85. The first-order valence-electron chi connectivity index (χ1n) is 6.08. The molecule has 0 unspecified atom stereocenters. The SMILES string of the molecule is CCCNc1ncc(Cl)c(Nc2cc(Br)ccc2F)n1. The van der Waals surface area contributed by atoms with Gasteiger partial charge in [-0.05, 0) is 24.6 Å². The molecule has 0 atom stereocenters. The highest BCUT2D eigenvalue weighted by Crippen LogP contribution is 2.27. The topological polar surface area (TPSA) is 49.8 Å². The Kier molecular flexibility index (Phi) is 5.14. The molecular weight excluding hydrogens is 347 g/mol. The van der Waals surface area contributed by atoms with Gasteiger partial charge in [-0.15, -0.1) is 0 Å². The van der Waals surface area contributed by atoms with Crippen LogP contribution >= 0.6 is 27.5 Å². The summed E-state index contributed by atoms with van der Waals surface area (Å²) in [6.45, 7) is 2.80. The van der Waals surface area contributed by atoms with E-state index < -0.39 is 0 Å². The molecule has 0 aliphatic heterocycles. The lowest BCUT2D eigenvalue weighted by Crippen LogP contribution is -2.06. The highest BCUT2D eigenvalue weighted by atomic mass is 79.9. The fraction of sp³-hybridized carbons (Fsp3) is 0.231. The van der Waals surface area contributed by atoms with Crippen LogP contribution in [0.5, 0.6) is 0 Å². The zero-order chi connectivity index (χ0) is 14.5. The number of hydrogen-bond acceptors (Lipinski definition) is 4. The van der Waals surface area contributed by atoms with Crippen molar-refractivity contribution in [3.63, 3.8) is 0 Å². The molecule has 2 N–H and O–H groups in total. The van der Waals surface area contributed by atoms with Crippen LogP contribution in [0.15, 0.2) is 28.9 Å². The van der Waals surface area contributed by atoms with E-state index in [-0.39, 0.29) is 5.82 Å². The van der Waals surface area contributed by atoms with Crippen molar-refractivity contribution in [2.24, 2.45) is 0 Å². The lowest BCUT2D eigenvalue weighted by molar-refractivity contribution is 0.631. The number of anilines is 3. The van der Waals surface area contributed by atoms with Crippen LogP contribution in [0.3, 0.4) is 0 Å². The smallest absolute Gasteiger partial charge is 0.224 e. The highest BCUT2D eigenvalue weighted by molar-refractivity contribution is 9.10. The fourth-order valence-corrected chi connectivity index (χ4v) is 2.00. The van der Waals surface area contributed by atoms with Gasteiger partial charge in [0.15, 0.2) is 5.82 Å². The van der Waals surface area contributed by atoms with Crippen LogP contribution < -0.4 is 10.6 Å². The van der Waals surface area contributed by atoms with Crippen molar-refractivity contribution in [1.82, 2.24) is 9.97 Å². The Labute approximate surface area is 129 Å². The summed E-state index contributed by atoms with van der Waals surface area (Å²) in [6.07, 6.45) is 2.43. The summed E-state index contributed by atoms with van der Waals surface area (Å²) in [4.78, 5) is 8.29. The third-order valence-corrected chi connectivity index (χ3v) is 3.23. The predicted molar refractivity (Wildman–Crippen MR) is 83.2 cm³/mol. The molecule has 0 fully saturated rings. The summed E-state index contributed by atoms with van der Waals surface area (Å²) in [5.41, 5.74) is 0.293. The van der Waals surface area contributed by atoms with Gasteiger partial charge < -0.3 is 10.6 Å². The van der Waals surface area contributed by atoms with Gasteiger partial charge in [0.2, 0.25) is 5.95 Å². The summed E-state index contributed by atoms with van der Waals surface area (Å²) in [6, 6.07) is 4.60. The van der Waals surface area contributed by atoms with Crippen LogP contribution in [0.25, 0.3) is 0 Å². The first-order valence-corrected chi connectivity index (χ1v) is 7.25. The molecule has 0 radical (unpaired) electrons. The number of hydrogen-bond donors (Lipinski definition) is 2. The maximum Gasteiger partial charge on any atom is 0.224 e. The van der Waals surface area contributed by atoms with E-state index in [1.54, 1.807) is 12.1 Å². The van der Waals surface area contributed by atoms with E-state index in [4.69, 9.17) is 11.6 Å². The van der Waals surface area contributed by atoms with Gasteiger partial charge in [-0.25, -0.2) is 9.37 Å². The molecule has 20 heavy (non-hydrogen) atoms. The molecular formula is C13H13BrClFN4. The van der Waals surface area contributed by atoms with Gasteiger partial charge in [0.05, 0.1) is 11.9 Å². The van der Waals surface area contributed by atoms with E-state index in [0.717, 1.165) is 17.4 Å². The molecule has 106 valence electrons. The molecule has 1 heterocycles. The number of aromatic nitrogens is 2. The Hall–Kier alpha value is -1.40. The molecule has 2 aromatic rings. The van der Waals surface area contributed by atoms with Gasteiger partial charge >= 0.3 is 0 Å². The average Bonchev–Trinajstić information content (AvgIpc) is 2.43. The van der Waals surface area contributed by atoms with Crippen molar-refractivity contribution >= 4 is 45.0 Å². The minimum atomic E-state index is -0.383. The molecule has 0 aliphatic rings. The summed E-state index contributed by atoms with van der Waals surface area (Å²) >= 11 is 9.31. The van der Waals surface area contributed by atoms with Crippen LogP contribution in [-0.4, -0.2) is 16.5 Å². The summed E-state index contributed by atoms with van der Waals surface area (Å²) < 4.78 is 14.5. The third kappa shape index (κ3) is 3.80. The van der Waals surface area contributed by atoms with Crippen LogP contribution in [0, 0.1) is 5.82 Å². The minimum Gasteiger partial charge on any atom is -0.354 e. The van der Waals surface area contributed by atoms with E-state index in [1.807, 2.05) is 6.92 Å². The molecule has 0 saturated carbocycles. The quantitative estimate of drug-likeness (QED) is 0.819. The first-order chi connectivity index (χ1) is 9.60. The van der Waals surface area contributed by atoms with Gasteiger partial charge in [-0.2, -0.15) is 4.98 Å². The van der Waals surface area contributed by atoms with Crippen molar-refractivity contribution in [3.05, 3.63) is 39.7 Å². The number of nitrogens with one attached hydrogen (secondary N) is 2. The van der Waals surface area contributed by atoms with Crippen LogP contribution in [-0.2, 0) is 0 Å². The van der Waals surface area contributed by atoms with Crippen molar-refractivity contribution in [1.29, 1.82) is 0 Å². The van der Waals surface area contributed by atoms with Crippen LogP contribution in [0.4, 0.5) is 21.8 Å². The Morgan fingerprint density at radius 3 is 2.95 bits per heavy atom. The molecule has 0 spiro atoms. The van der Waals surface area contributed by atoms with E-state index in [2.05, 4.69) is 36.5 Å². The third-order valence-electron chi connectivity index (χ3n) is 2.46. The molecule has 1 aromatic heterocycles. The Morgan fingerprint density at radius 2 is 2.20 bits per heavy atom. The summed E-state index contributed by atoms with van der Waals surface area (Å²) in [5, 5.41) is 6.25. The zero-order valence-electron chi connectivity index (χ0n) is 10.8. The van der Waals surface area contributed by atoms with E-state index in [9.17, 15) is 4.39 Å². The predicted octanol–water partition coefficient (Wildman–Crippen LogP) is 4.60. The van der Waals surface area contributed by atoms with Crippen LogP contribution in [0.2, 0.25) is 5.02 Å². The van der Waals surface area contributed by atoms with Crippen molar-refractivity contribution in [2.45, 2.75) is 13.3 Å². The molecule has 0 amide bonds. The number of benzene rings is 1. The Morgan fingerprint density at radius 1 is 1.40 bits per heavy atom. The largest absolute Gasteiger partial charge is 0.354 e. The van der Waals surface area contributed by atoms with E-state index in [1.165, 1.54) is 12.3 Å². The van der Waals surface area contributed by atoms with Gasteiger partial charge in [-0.1, -0.05) is 34.5 Å². The summed E-state index contributed by atoms with van der Waals surface area (Å²) in [7, 11) is 0. The van der Waals surface area contributed by atoms with Crippen molar-refractivity contribution in [3.8, 4) is 0 Å². The Bertz CT molecular complexity index is 609. The molecule has 7 heteroatoms. The first kappa shape index (κ1) is 15.0. The minimum absolute atomic E-state index is 0.293. The van der Waals surface area contributed by atoms with Gasteiger partial charge in [-0.3, -0.25) is 0 Å². The maximum absolute atomic E-state index is 13.7. The fourth-order valence-electron chi connectivity index (χ4n) is 1.50. The Balaban J connectivity index is 2.25. The highest BCUT2D eigenvalue weighted by Gasteiger charge is 2.09. The normalized spacial score (nSPS) is 10.4. The lowest BCUT2D eigenvalue weighted by Gasteiger charge is -2.10. The number of nitrogens with zero attached hydrogens (tertiary/aromatic N) is 2. The second-order valence-corrected chi connectivity index (χ2v) is 5.39. The molecule has 2 rings (SSSR count). The average molecular weight is 360 g/mol. The maximum atomic E-state index is 13.7. The molecule has 4 nitrogen and oxygen atoms in total. The molecule has 1 aromatic carbocycles. The molecule has 0 aliphatic carbocycles. The van der Waals surface area contributed by atoms with E-state index >= 15 is 0 Å². The second-order valence-electron chi connectivity index (χ2n) is 4.07. The van der Waals surface area contributed by atoms with Gasteiger partial charge in [0.1, 0.15) is 10.8 Å². The standard InChI is InChI=1S/C13H13BrClFN4/c1-2-5-17-13-18-7-9(15)12(20-13)19-11-6-8(14)3-4-10(11)16/h3-4,6-7H,2,5H2,1H3,(H2,17,18,19,20). The molecule has 0 saturated heterocycles. The zero-order valence-corrected chi connectivity index (χ0v) is 13.1. The summed E-state index contributed by atoms with van der Waals surface area (Å²) in [5.74, 6) is 0.428. The van der Waals surface area contributed by atoms with Gasteiger partial charge in [0, 0.05) is 11.0 Å².